The van der Waals surface area contributed by atoms with Gasteiger partial charge in [0.2, 0.25) is 0 Å². The van der Waals surface area contributed by atoms with Gasteiger partial charge in [-0.2, -0.15) is 0 Å². The third-order valence-corrected chi connectivity index (χ3v) is 9.01. The molecule has 0 aliphatic heterocycles. The molecule has 4 aliphatic carbocycles. The molecule has 0 spiro atoms. The van der Waals surface area contributed by atoms with Crippen LogP contribution in [0, 0.1) is 34.5 Å². The van der Waals surface area contributed by atoms with E-state index in [1.54, 1.807) is 6.92 Å². The van der Waals surface area contributed by atoms with Crippen molar-refractivity contribution >= 4 is 17.5 Å². The van der Waals surface area contributed by atoms with Crippen LogP contribution in [0.15, 0.2) is 11.6 Å². The Morgan fingerprint density at radius 1 is 1.07 bits per heavy atom. The number of hydrogen-bond donors (Lipinski definition) is 2. The second-order valence-corrected chi connectivity index (χ2v) is 10.4. The van der Waals surface area contributed by atoms with Crippen molar-refractivity contribution < 1.29 is 24.6 Å². The Hall–Kier alpha value is -1.49. The van der Waals surface area contributed by atoms with Crippen LogP contribution in [0.5, 0.6) is 0 Å². The van der Waals surface area contributed by atoms with Gasteiger partial charge in [-0.25, -0.2) is 0 Å². The Morgan fingerprint density at radius 3 is 2.24 bits per heavy atom. The molecule has 0 unspecified atom stereocenters. The maximum atomic E-state index is 12.3. The summed E-state index contributed by atoms with van der Waals surface area (Å²) in [6.45, 7) is 9.48. The van der Waals surface area contributed by atoms with Gasteiger partial charge in [0, 0.05) is 18.8 Å². The molecule has 3 saturated carbocycles. The molecule has 5 nitrogen and oxygen atoms in total. The quantitative estimate of drug-likeness (QED) is 0.684. The maximum absolute atomic E-state index is 12.3. The normalized spacial score (nSPS) is 45.7. The first-order chi connectivity index (χ1) is 13.4. The lowest BCUT2D eigenvalue weighted by molar-refractivity contribution is -0.161. The minimum atomic E-state index is -1.13. The SMILES string of the molecule is CC(=O)O.CC(=O)[C@@]1(O)CC[C@H]2[C@@H]3C[C@H](C)C4=CC(=O)CC[C@]4(C)[C@H]3CC[C@@]21C. The Labute approximate surface area is 173 Å². The lowest BCUT2D eigenvalue weighted by Gasteiger charge is -2.60. The number of ketones is 2. The third kappa shape index (κ3) is 3.30. The van der Waals surface area contributed by atoms with Crippen LogP contribution in [0.2, 0.25) is 0 Å². The van der Waals surface area contributed by atoms with Crippen LogP contribution < -0.4 is 0 Å². The topological polar surface area (TPSA) is 91.7 Å². The average Bonchev–Trinajstić information content (AvgIpc) is 2.89. The molecule has 29 heavy (non-hydrogen) atoms. The summed E-state index contributed by atoms with van der Waals surface area (Å²) in [5.41, 5.74) is 0.107. The summed E-state index contributed by atoms with van der Waals surface area (Å²) in [6.07, 6.45) is 8.31. The fraction of sp³-hybridized carbons (Fsp3) is 0.792. The monoisotopic (exact) mass is 404 g/mol. The number of aliphatic carboxylic acids is 1. The van der Waals surface area contributed by atoms with Crippen LogP contribution in [0.4, 0.5) is 0 Å². The molecule has 5 heteroatoms. The van der Waals surface area contributed by atoms with Crippen molar-refractivity contribution in [3.05, 3.63) is 11.6 Å². The predicted molar refractivity (Wildman–Crippen MR) is 110 cm³/mol. The molecule has 2 N–H and O–H groups in total. The first-order valence-electron chi connectivity index (χ1n) is 11.0. The number of carboxylic acid groups (broad SMARTS) is 1. The average molecular weight is 405 g/mol. The summed E-state index contributed by atoms with van der Waals surface area (Å²) in [6, 6.07) is 0. The zero-order valence-electron chi connectivity index (χ0n) is 18.5. The molecule has 0 amide bonds. The molecular weight excluding hydrogens is 368 g/mol. The number of carbonyl (C=O) groups is 3. The van der Waals surface area contributed by atoms with Crippen molar-refractivity contribution in [3.63, 3.8) is 0 Å². The molecule has 0 aromatic rings. The number of hydrogen-bond acceptors (Lipinski definition) is 4. The first kappa shape index (κ1) is 22.2. The summed E-state index contributed by atoms with van der Waals surface area (Å²) in [5.74, 6) is 1.44. The van der Waals surface area contributed by atoms with E-state index in [-0.39, 0.29) is 16.6 Å². The molecule has 0 heterocycles. The molecule has 0 aromatic heterocycles. The van der Waals surface area contributed by atoms with Crippen molar-refractivity contribution in [1.82, 2.24) is 0 Å². The van der Waals surface area contributed by atoms with E-state index in [1.807, 2.05) is 6.08 Å². The highest BCUT2D eigenvalue weighted by atomic mass is 16.4. The second-order valence-electron chi connectivity index (χ2n) is 10.4. The van der Waals surface area contributed by atoms with Gasteiger partial charge < -0.3 is 10.2 Å². The Kier molecular flexibility index (Phi) is 5.61. The van der Waals surface area contributed by atoms with Crippen molar-refractivity contribution in [2.75, 3.05) is 0 Å². The van der Waals surface area contributed by atoms with Gasteiger partial charge in [0.25, 0.3) is 5.97 Å². The van der Waals surface area contributed by atoms with Crippen molar-refractivity contribution in [3.8, 4) is 0 Å². The molecule has 162 valence electrons. The third-order valence-electron chi connectivity index (χ3n) is 9.01. The summed E-state index contributed by atoms with van der Waals surface area (Å²) in [5, 5.41) is 18.6. The Morgan fingerprint density at radius 2 is 1.66 bits per heavy atom. The molecule has 0 bridgehead atoms. The van der Waals surface area contributed by atoms with E-state index in [0.29, 0.717) is 42.3 Å². The first-order valence-corrected chi connectivity index (χ1v) is 11.0. The predicted octanol–water partition coefficient (Wildman–Crippen LogP) is 4.18. The van der Waals surface area contributed by atoms with E-state index in [4.69, 9.17) is 9.90 Å². The van der Waals surface area contributed by atoms with Crippen molar-refractivity contribution in [1.29, 1.82) is 0 Å². The number of rotatable bonds is 1. The molecule has 0 aromatic carbocycles. The van der Waals surface area contributed by atoms with Crippen LogP contribution in [0.3, 0.4) is 0 Å². The van der Waals surface area contributed by atoms with E-state index in [2.05, 4.69) is 20.8 Å². The molecule has 4 rings (SSSR count). The van der Waals surface area contributed by atoms with Crippen LogP contribution in [-0.4, -0.2) is 33.3 Å². The van der Waals surface area contributed by atoms with Crippen molar-refractivity contribution in [2.24, 2.45) is 34.5 Å². The number of carboxylic acids is 1. The lowest BCUT2D eigenvalue weighted by Crippen LogP contribution is -2.57. The van der Waals surface area contributed by atoms with Gasteiger partial charge >= 0.3 is 0 Å². The van der Waals surface area contributed by atoms with Gasteiger partial charge in [0.1, 0.15) is 5.60 Å². The molecule has 4 aliphatic rings. The minimum absolute atomic E-state index is 0.0464. The number of allylic oxidation sites excluding steroid dienone is 1. The Bertz CT molecular complexity index is 750. The van der Waals surface area contributed by atoms with Gasteiger partial charge in [-0.05, 0) is 80.6 Å². The zero-order chi connectivity index (χ0) is 21.8. The minimum Gasteiger partial charge on any atom is -0.481 e. The van der Waals surface area contributed by atoms with Gasteiger partial charge in [-0.1, -0.05) is 26.3 Å². The highest BCUT2D eigenvalue weighted by Gasteiger charge is 2.66. The van der Waals surface area contributed by atoms with Gasteiger partial charge in [-0.15, -0.1) is 0 Å². The Balaban J connectivity index is 0.000000552. The molecule has 0 radical (unpaired) electrons. The molecule has 7 atom stereocenters. The largest absolute Gasteiger partial charge is 0.481 e. The second kappa shape index (κ2) is 7.33. The molecule has 3 fully saturated rings. The number of Topliss-reactive ketones (excluding diaryl/α,β-unsaturated/α-hetero) is 1. The number of aliphatic hydroxyl groups is 1. The number of carbonyl (C=O) groups excluding carboxylic acids is 2. The zero-order valence-corrected chi connectivity index (χ0v) is 18.5. The van der Waals surface area contributed by atoms with Crippen LogP contribution in [0.25, 0.3) is 0 Å². The van der Waals surface area contributed by atoms with E-state index in [1.165, 1.54) is 5.57 Å². The van der Waals surface area contributed by atoms with Gasteiger partial charge in [0.15, 0.2) is 11.6 Å². The van der Waals surface area contributed by atoms with Crippen molar-refractivity contribution in [2.45, 2.75) is 85.2 Å². The summed E-state index contributed by atoms with van der Waals surface area (Å²) in [4.78, 5) is 33.3. The highest BCUT2D eigenvalue weighted by molar-refractivity contribution is 5.91. The standard InChI is InChI=1S/C22H32O3.C2H4O2/c1-13-11-16-17(20(3)8-5-15(24)12-19(13)20)6-9-21(4)18(16)7-10-22(21,25)14(2)23;1-2(3)4/h12-13,16-18,25H,5-11H2,1-4H3;1H3,(H,3,4)/t13-,16+,17-,18-,20+,21-,22-;/m0./s1. The fourth-order valence-corrected chi connectivity index (χ4v) is 7.58. The summed E-state index contributed by atoms with van der Waals surface area (Å²) >= 11 is 0. The molecular formula is C24H36O5. The van der Waals surface area contributed by atoms with Crippen LogP contribution in [0.1, 0.15) is 79.6 Å². The van der Waals surface area contributed by atoms with E-state index >= 15 is 0 Å². The van der Waals surface area contributed by atoms with Crippen LogP contribution >= 0.6 is 0 Å². The lowest BCUT2D eigenvalue weighted by atomic mass is 9.45. The summed E-state index contributed by atoms with van der Waals surface area (Å²) < 4.78 is 0. The van der Waals surface area contributed by atoms with Gasteiger partial charge in [0.05, 0.1) is 0 Å². The van der Waals surface area contributed by atoms with Gasteiger partial charge in [-0.3, -0.25) is 14.4 Å². The highest BCUT2D eigenvalue weighted by Crippen LogP contribution is 2.68. The maximum Gasteiger partial charge on any atom is 0.300 e. The summed E-state index contributed by atoms with van der Waals surface area (Å²) in [7, 11) is 0. The molecule has 0 saturated heterocycles. The number of fused-ring (bicyclic) bond motifs is 5. The van der Waals surface area contributed by atoms with E-state index < -0.39 is 11.6 Å². The van der Waals surface area contributed by atoms with E-state index in [0.717, 1.165) is 39.0 Å². The smallest absolute Gasteiger partial charge is 0.300 e. The fourth-order valence-electron chi connectivity index (χ4n) is 7.58. The van der Waals surface area contributed by atoms with E-state index in [9.17, 15) is 14.7 Å². The van der Waals surface area contributed by atoms with Crippen LogP contribution in [-0.2, 0) is 14.4 Å².